The van der Waals surface area contributed by atoms with Crippen LogP contribution in [0.5, 0.6) is 0 Å². The molecule has 0 aliphatic heterocycles. The van der Waals surface area contributed by atoms with E-state index in [-0.39, 0.29) is 0 Å². The molecule has 0 amide bonds. The Labute approximate surface area is 156 Å². The molecular formula is C23H41NO. The zero-order valence-corrected chi connectivity index (χ0v) is 16.9. The van der Waals surface area contributed by atoms with E-state index < -0.39 is 0 Å². The van der Waals surface area contributed by atoms with Crippen LogP contribution in [0.25, 0.3) is 0 Å². The molecule has 0 aliphatic rings. The lowest BCUT2D eigenvalue weighted by molar-refractivity contribution is 0.0971. The molecule has 0 radical (unpaired) electrons. The minimum absolute atomic E-state index is 0.294. The topological polar surface area (TPSA) is 22.0 Å². The molecule has 0 saturated carbocycles. The third-order valence-corrected chi connectivity index (χ3v) is 5.24. The smallest absolute Gasteiger partial charge is 0.179 e. The predicted octanol–water partition coefficient (Wildman–Crippen LogP) is 7.47. The number of aryl methyl sites for hydroxylation is 1. The third kappa shape index (κ3) is 11.2. The third-order valence-electron chi connectivity index (χ3n) is 5.24. The Balaban J connectivity index is 1.79. The molecule has 0 fully saturated rings. The fourth-order valence-electron chi connectivity index (χ4n) is 3.54. The summed E-state index contributed by atoms with van der Waals surface area (Å²) in [6, 6.07) is 3.87. The maximum Gasteiger partial charge on any atom is 0.179 e. The first kappa shape index (κ1) is 22.0. The second kappa shape index (κ2) is 15.2. The van der Waals surface area contributed by atoms with Crippen LogP contribution in [0.15, 0.2) is 18.3 Å². The summed E-state index contributed by atoms with van der Waals surface area (Å²) in [4.78, 5) is 12.0. The van der Waals surface area contributed by atoms with Gasteiger partial charge in [-0.2, -0.15) is 0 Å². The summed E-state index contributed by atoms with van der Waals surface area (Å²) in [7, 11) is 1.94. The fraction of sp³-hybridized carbons (Fsp3) is 0.783. The van der Waals surface area contributed by atoms with Crippen molar-refractivity contribution in [3.05, 3.63) is 24.0 Å². The van der Waals surface area contributed by atoms with Gasteiger partial charge in [-0.3, -0.25) is 4.79 Å². The lowest BCUT2D eigenvalue weighted by Gasteiger charge is -2.04. The summed E-state index contributed by atoms with van der Waals surface area (Å²) in [5, 5.41) is 0. The van der Waals surface area contributed by atoms with Crippen LogP contribution >= 0.6 is 0 Å². The van der Waals surface area contributed by atoms with Gasteiger partial charge in [0.25, 0.3) is 0 Å². The van der Waals surface area contributed by atoms with E-state index in [1.807, 2.05) is 29.9 Å². The highest BCUT2D eigenvalue weighted by Gasteiger charge is 2.07. The summed E-state index contributed by atoms with van der Waals surface area (Å²) < 4.78 is 1.92. The first-order valence-electron chi connectivity index (χ1n) is 10.9. The molecule has 1 rings (SSSR count). The molecule has 0 aliphatic carbocycles. The summed E-state index contributed by atoms with van der Waals surface area (Å²) in [5.41, 5.74) is 0.852. The molecule has 25 heavy (non-hydrogen) atoms. The van der Waals surface area contributed by atoms with Crippen molar-refractivity contribution in [1.29, 1.82) is 0 Å². The lowest BCUT2D eigenvalue weighted by Crippen LogP contribution is -2.04. The van der Waals surface area contributed by atoms with Crippen LogP contribution in [-0.4, -0.2) is 10.4 Å². The van der Waals surface area contributed by atoms with Gasteiger partial charge in [0.15, 0.2) is 5.78 Å². The van der Waals surface area contributed by atoms with Crippen molar-refractivity contribution in [2.45, 2.75) is 110 Å². The van der Waals surface area contributed by atoms with Gasteiger partial charge in [0.05, 0.1) is 5.69 Å². The number of nitrogens with zero attached hydrogens (tertiary/aromatic N) is 1. The number of carbonyl (C=O) groups excluding carboxylic acids is 1. The number of hydrogen-bond donors (Lipinski definition) is 0. The largest absolute Gasteiger partial charge is 0.348 e. The van der Waals surface area contributed by atoms with Crippen molar-refractivity contribution in [3.63, 3.8) is 0 Å². The Morgan fingerprint density at radius 1 is 0.760 bits per heavy atom. The molecule has 2 nitrogen and oxygen atoms in total. The standard InChI is InChI=1S/C23H41NO/c1-3-4-5-6-7-8-9-10-11-12-13-14-15-16-17-20-23(25)22-19-18-21-24(22)2/h18-19,21H,3-17,20H2,1-2H3. The van der Waals surface area contributed by atoms with E-state index in [0.29, 0.717) is 12.2 Å². The number of hydrogen-bond acceptors (Lipinski definition) is 1. The summed E-state index contributed by atoms with van der Waals surface area (Å²) in [6.45, 7) is 2.28. The van der Waals surface area contributed by atoms with Crippen molar-refractivity contribution in [2.24, 2.45) is 7.05 Å². The zero-order valence-electron chi connectivity index (χ0n) is 16.9. The predicted molar refractivity (Wildman–Crippen MR) is 109 cm³/mol. The summed E-state index contributed by atoms with van der Waals surface area (Å²) in [5.74, 6) is 0.294. The van der Waals surface area contributed by atoms with Crippen molar-refractivity contribution >= 4 is 5.78 Å². The van der Waals surface area contributed by atoms with Gasteiger partial charge in [0.1, 0.15) is 0 Å². The highest BCUT2D eigenvalue weighted by atomic mass is 16.1. The molecule has 144 valence electrons. The average Bonchev–Trinajstić information content (AvgIpc) is 3.04. The molecule has 0 atom stereocenters. The van der Waals surface area contributed by atoms with Gasteiger partial charge in [-0.1, -0.05) is 96.8 Å². The van der Waals surface area contributed by atoms with Gasteiger partial charge in [-0.05, 0) is 18.6 Å². The monoisotopic (exact) mass is 347 g/mol. The Morgan fingerprint density at radius 3 is 1.60 bits per heavy atom. The second-order valence-electron chi connectivity index (χ2n) is 7.63. The normalized spacial score (nSPS) is 11.1. The molecule has 0 aromatic carbocycles. The minimum Gasteiger partial charge on any atom is -0.348 e. The van der Waals surface area contributed by atoms with Crippen molar-refractivity contribution in [3.8, 4) is 0 Å². The number of ketones is 1. The van der Waals surface area contributed by atoms with E-state index in [9.17, 15) is 4.79 Å². The van der Waals surface area contributed by atoms with E-state index >= 15 is 0 Å². The van der Waals surface area contributed by atoms with Crippen LogP contribution < -0.4 is 0 Å². The lowest BCUT2D eigenvalue weighted by atomic mass is 10.0. The molecule has 0 bridgehead atoms. The van der Waals surface area contributed by atoms with Crippen LogP contribution in [0.3, 0.4) is 0 Å². The fourth-order valence-corrected chi connectivity index (χ4v) is 3.54. The first-order valence-corrected chi connectivity index (χ1v) is 10.9. The highest BCUT2D eigenvalue weighted by Crippen LogP contribution is 2.14. The van der Waals surface area contributed by atoms with Gasteiger partial charge in [0.2, 0.25) is 0 Å². The molecule has 0 spiro atoms. The van der Waals surface area contributed by atoms with E-state index in [1.54, 1.807) is 0 Å². The first-order chi connectivity index (χ1) is 12.3. The number of aromatic nitrogens is 1. The van der Waals surface area contributed by atoms with E-state index in [0.717, 1.165) is 12.1 Å². The molecule has 2 heteroatoms. The number of carbonyl (C=O) groups is 1. The molecule has 0 N–H and O–H groups in total. The molecule has 1 heterocycles. The van der Waals surface area contributed by atoms with Crippen LogP contribution in [0.4, 0.5) is 0 Å². The quantitative estimate of drug-likeness (QED) is 0.211. The Hall–Kier alpha value is -1.05. The number of Topliss-reactive ketones (excluding diaryl/α,β-unsaturated/α-hetero) is 1. The van der Waals surface area contributed by atoms with Crippen LogP contribution in [0, 0.1) is 0 Å². The minimum atomic E-state index is 0.294. The molecule has 1 aromatic rings. The molecular weight excluding hydrogens is 306 g/mol. The van der Waals surface area contributed by atoms with E-state index in [4.69, 9.17) is 0 Å². The molecule has 1 aromatic heterocycles. The number of rotatable bonds is 17. The van der Waals surface area contributed by atoms with Crippen molar-refractivity contribution in [1.82, 2.24) is 4.57 Å². The highest BCUT2D eigenvalue weighted by molar-refractivity contribution is 5.94. The maximum absolute atomic E-state index is 12.0. The van der Waals surface area contributed by atoms with Crippen molar-refractivity contribution < 1.29 is 4.79 Å². The Morgan fingerprint density at radius 2 is 1.20 bits per heavy atom. The van der Waals surface area contributed by atoms with Crippen molar-refractivity contribution in [2.75, 3.05) is 0 Å². The SMILES string of the molecule is CCCCCCCCCCCCCCCCCC(=O)c1cccn1C. The zero-order chi connectivity index (χ0) is 18.2. The maximum atomic E-state index is 12.0. The Kier molecular flexibility index (Phi) is 13.4. The van der Waals surface area contributed by atoms with E-state index in [2.05, 4.69) is 6.92 Å². The van der Waals surface area contributed by atoms with Crippen LogP contribution in [0.1, 0.15) is 120 Å². The van der Waals surface area contributed by atoms with Crippen LogP contribution in [0.2, 0.25) is 0 Å². The van der Waals surface area contributed by atoms with Gasteiger partial charge in [0, 0.05) is 19.7 Å². The molecule has 0 unspecified atom stereocenters. The summed E-state index contributed by atoms with van der Waals surface area (Å²) in [6.07, 6.45) is 23.1. The molecule has 0 saturated heterocycles. The van der Waals surface area contributed by atoms with Gasteiger partial charge < -0.3 is 4.57 Å². The second-order valence-corrected chi connectivity index (χ2v) is 7.63. The van der Waals surface area contributed by atoms with Crippen LogP contribution in [-0.2, 0) is 7.05 Å². The number of unbranched alkanes of at least 4 members (excludes halogenated alkanes) is 14. The van der Waals surface area contributed by atoms with Gasteiger partial charge >= 0.3 is 0 Å². The average molecular weight is 348 g/mol. The summed E-state index contributed by atoms with van der Waals surface area (Å²) >= 11 is 0. The van der Waals surface area contributed by atoms with E-state index in [1.165, 1.54) is 89.9 Å². The van der Waals surface area contributed by atoms with Gasteiger partial charge in [-0.25, -0.2) is 0 Å². The van der Waals surface area contributed by atoms with Gasteiger partial charge in [-0.15, -0.1) is 0 Å². The Bertz CT molecular complexity index is 435.